The van der Waals surface area contributed by atoms with Crippen LogP contribution in [0.2, 0.25) is 0 Å². The second-order valence-corrected chi connectivity index (χ2v) is 5.59. The molecule has 0 amide bonds. The SMILES string of the molecule is Cc1cccc(OCCCSc2nnc(CN)n2C)c1. The predicted molar refractivity (Wildman–Crippen MR) is 80.9 cm³/mol. The van der Waals surface area contributed by atoms with E-state index in [-0.39, 0.29) is 0 Å². The smallest absolute Gasteiger partial charge is 0.190 e. The highest BCUT2D eigenvalue weighted by Crippen LogP contribution is 2.17. The maximum absolute atomic E-state index is 5.71. The van der Waals surface area contributed by atoms with E-state index in [1.54, 1.807) is 11.8 Å². The number of ether oxygens (including phenoxy) is 1. The summed E-state index contributed by atoms with van der Waals surface area (Å²) in [6, 6.07) is 8.10. The zero-order chi connectivity index (χ0) is 14.4. The van der Waals surface area contributed by atoms with Crippen molar-refractivity contribution >= 4 is 11.8 Å². The van der Waals surface area contributed by atoms with E-state index in [0.29, 0.717) is 13.2 Å². The molecule has 108 valence electrons. The molecule has 2 rings (SSSR count). The Labute approximate surface area is 123 Å². The topological polar surface area (TPSA) is 66.0 Å². The largest absolute Gasteiger partial charge is 0.494 e. The van der Waals surface area contributed by atoms with Gasteiger partial charge in [-0.1, -0.05) is 23.9 Å². The second-order valence-electron chi connectivity index (χ2n) is 4.53. The van der Waals surface area contributed by atoms with Gasteiger partial charge in [0.05, 0.1) is 13.2 Å². The lowest BCUT2D eigenvalue weighted by Gasteiger charge is -2.06. The van der Waals surface area contributed by atoms with Gasteiger partial charge < -0.3 is 15.0 Å². The van der Waals surface area contributed by atoms with Crippen molar-refractivity contribution in [2.24, 2.45) is 12.8 Å². The second kappa shape index (κ2) is 7.31. The van der Waals surface area contributed by atoms with Gasteiger partial charge in [0.25, 0.3) is 0 Å². The van der Waals surface area contributed by atoms with E-state index in [2.05, 4.69) is 23.2 Å². The first-order chi connectivity index (χ1) is 9.70. The van der Waals surface area contributed by atoms with Gasteiger partial charge in [-0.05, 0) is 31.0 Å². The Morgan fingerprint density at radius 2 is 2.20 bits per heavy atom. The van der Waals surface area contributed by atoms with Crippen molar-refractivity contribution in [2.45, 2.75) is 25.0 Å². The standard InChI is InChI=1S/C14H20N4OS/c1-11-5-3-6-12(9-11)19-7-4-8-20-14-17-16-13(10-15)18(14)2/h3,5-6,9H,4,7-8,10,15H2,1-2H3. The van der Waals surface area contributed by atoms with Crippen molar-refractivity contribution in [2.75, 3.05) is 12.4 Å². The number of rotatable bonds is 7. The lowest BCUT2D eigenvalue weighted by atomic mass is 10.2. The predicted octanol–water partition coefficient (Wildman–Crippen LogP) is 2.14. The van der Waals surface area contributed by atoms with Crippen molar-refractivity contribution in [1.29, 1.82) is 0 Å². The first-order valence-corrected chi connectivity index (χ1v) is 7.60. The van der Waals surface area contributed by atoms with Crippen LogP contribution in [0.3, 0.4) is 0 Å². The van der Waals surface area contributed by atoms with Gasteiger partial charge in [0, 0.05) is 12.8 Å². The highest BCUT2D eigenvalue weighted by molar-refractivity contribution is 7.99. The minimum absolute atomic E-state index is 0.417. The van der Waals surface area contributed by atoms with E-state index in [4.69, 9.17) is 10.5 Å². The molecule has 0 unspecified atom stereocenters. The van der Waals surface area contributed by atoms with E-state index in [0.717, 1.165) is 28.9 Å². The highest BCUT2D eigenvalue weighted by atomic mass is 32.2. The summed E-state index contributed by atoms with van der Waals surface area (Å²) >= 11 is 1.68. The summed E-state index contributed by atoms with van der Waals surface area (Å²) in [4.78, 5) is 0. The summed E-state index contributed by atoms with van der Waals surface area (Å²) in [5.74, 6) is 2.69. The van der Waals surface area contributed by atoms with Gasteiger partial charge in [0.15, 0.2) is 5.16 Å². The summed E-state index contributed by atoms with van der Waals surface area (Å²) in [5.41, 5.74) is 6.78. The van der Waals surface area contributed by atoms with E-state index in [1.165, 1.54) is 5.56 Å². The van der Waals surface area contributed by atoms with Gasteiger partial charge in [-0.15, -0.1) is 10.2 Å². The first-order valence-electron chi connectivity index (χ1n) is 6.61. The Morgan fingerprint density at radius 3 is 2.90 bits per heavy atom. The number of hydrogen-bond donors (Lipinski definition) is 1. The molecule has 1 aromatic carbocycles. The molecule has 20 heavy (non-hydrogen) atoms. The molecule has 2 aromatic rings. The Hall–Kier alpha value is -1.53. The van der Waals surface area contributed by atoms with Crippen molar-refractivity contribution in [3.8, 4) is 5.75 Å². The summed E-state index contributed by atoms with van der Waals surface area (Å²) in [5, 5.41) is 9.04. The number of nitrogens with zero attached hydrogens (tertiary/aromatic N) is 3. The molecule has 1 aromatic heterocycles. The Kier molecular flexibility index (Phi) is 5.43. The summed E-state index contributed by atoms with van der Waals surface area (Å²) in [6.07, 6.45) is 0.962. The van der Waals surface area contributed by atoms with Gasteiger partial charge >= 0.3 is 0 Å². The van der Waals surface area contributed by atoms with E-state index < -0.39 is 0 Å². The van der Waals surface area contributed by atoms with Gasteiger partial charge in [0.1, 0.15) is 11.6 Å². The van der Waals surface area contributed by atoms with Crippen molar-refractivity contribution < 1.29 is 4.74 Å². The van der Waals surface area contributed by atoms with Crippen molar-refractivity contribution in [3.05, 3.63) is 35.7 Å². The number of aromatic nitrogens is 3. The van der Waals surface area contributed by atoms with Crippen LogP contribution < -0.4 is 10.5 Å². The van der Waals surface area contributed by atoms with Crippen LogP contribution in [0.4, 0.5) is 0 Å². The lowest BCUT2D eigenvalue weighted by Crippen LogP contribution is -2.05. The number of thioether (sulfide) groups is 1. The molecule has 0 aliphatic carbocycles. The minimum Gasteiger partial charge on any atom is -0.494 e. The van der Waals surface area contributed by atoms with Crippen LogP contribution >= 0.6 is 11.8 Å². The summed E-state index contributed by atoms with van der Waals surface area (Å²) in [6.45, 7) is 3.18. The van der Waals surface area contributed by atoms with Crippen LogP contribution in [0.5, 0.6) is 5.75 Å². The average molecular weight is 292 g/mol. The van der Waals surface area contributed by atoms with Gasteiger partial charge in [-0.3, -0.25) is 0 Å². The quantitative estimate of drug-likeness (QED) is 0.625. The summed E-state index contributed by atoms with van der Waals surface area (Å²) in [7, 11) is 1.94. The van der Waals surface area contributed by atoms with Crippen LogP contribution in [0.15, 0.2) is 29.4 Å². The fourth-order valence-electron chi connectivity index (χ4n) is 1.77. The van der Waals surface area contributed by atoms with Gasteiger partial charge in [-0.2, -0.15) is 0 Å². The van der Waals surface area contributed by atoms with Crippen molar-refractivity contribution in [3.63, 3.8) is 0 Å². The van der Waals surface area contributed by atoms with Crippen LogP contribution in [0.1, 0.15) is 17.8 Å². The third-order valence-electron chi connectivity index (χ3n) is 2.89. The Bertz CT molecular complexity index is 556. The fourth-order valence-corrected chi connectivity index (χ4v) is 2.61. The molecule has 1 heterocycles. The maximum Gasteiger partial charge on any atom is 0.190 e. The zero-order valence-electron chi connectivity index (χ0n) is 11.9. The third kappa shape index (κ3) is 3.98. The van der Waals surface area contributed by atoms with E-state index >= 15 is 0 Å². The molecule has 0 aliphatic heterocycles. The highest BCUT2D eigenvalue weighted by Gasteiger charge is 2.07. The Balaban J connectivity index is 1.70. The Morgan fingerprint density at radius 1 is 1.35 bits per heavy atom. The minimum atomic E-state index is 0.417. The molecule has 0 aliphatic rings. The molecule has 2 N–H and O–H groups in total. The van der Waals surface area contributed by atoms with Gasteiger partial charge in [-0.25, -0.2) is 0 Å². The maximum atomic E-state index is 5.71. The molecule has 5 nitrogen and oxygen atoms in total. The van der Waals surface area contributed by atoms with Crippen LogP contribution in [0.25, 0.3) is 0 Å². The molecule has 0 radical (unpaired) electrons. The normalized spacial score (nSPS) is 10.8. The van der Waals surface area contributed by atoms with E-state index in [9.17, 15) is 0 Å². The van der Waals surface area contributed by atoms with Crippen molar-refractivity contribution in [1.82, 2.24) is 14.8 Å². The number of nitrogens with two attached hydrogens (primary N) is 1. The average Bonchev–Trinajstić information content (AvgIpc) is 2.79. The fraction of sp³-hybridized carbons (Fsp3) is 0.429. The third-order valence-corrected chi connectivity index (χ3v) is 3.99. The zero-order valence-corrected chi connectivity index (χ0v) is 12.7. The van der Waals surface area contributed by atoms with Crippen LogP contribution in [-0.4, -0.2) is 27.1 Å². The molecule has 0 fully saturated rings. The number of hydrogen-bond acceptors (Lipinski definition) is 5. The molecule has 6 heteroatoms. The van der Waals surface area contributed by atoms with Crippen LogP contribution in [-0.2, 0) is 13.6 Å². The molecule has 0 saturated heterocycles. The molecule has 0 bridgehead atoms. The molecule has 0 saturated carbocycles. The monoisotopic (exact) mass is 292 g/mol. The number of aryl methyl sites for hydroxylation is 1. The van der Waals surface area contributed by atoms with E-state index in [1.807, 2.05) is 29.8 Å². The molecular weight excluding hydrogens is 272 g/mol. The molecular formula is C14H20N4OS. The lowest BCUT2D eigenvalue weighted by molar-refractivity contribution is 0.318. The summed E-state index contributed by atoms with van der Waals surface area (Å²) < 4.78 is 7.64. The molecule has 0 spiro atoms. The van der Waals surface area contributed by atoms with Crippen LogP contribution in [0, 0.1) is 6.92 Å². The number of benzene rings is 1. The van der Waals surface area contributed by atoms with Gasteiger partial charge in [0.2, 0.25) is 0 Å². The first kappa shape index (κ1) is 14.9. The molecule has 0 atom stereocenters.